The summed E-state index contributed by atoms with van der Waals surface area (Å²) in [5.74, 6) is 0. The Morgan fingerprint density at radius 1 is 1.09 bits per heavy atom. The molecule has 0 aliphatic rings. The molecular formula is C18H18BrN3O. The molecule has 0 saturated heterocycles. The lowest BCUT2D eigenvalue weighted by Crippen LogP contribution is -2.32. The van der Waals surface area contributed by atoms with Gasteiger partial charge in [-0.2, -0.15) is 5.10 Å². The number of benzene rings is 2. The van der Waals surface area contributed by atoms with Crippen LogP contribution in [0.5, 0.6) is 0 Å². The maximum atomic E-state index is 12.6. The van der Waals surface area contributed by atoms with Crippen LogP contribution >= 0.6 is 15.9 Å². The fourth-order valence-corrected chi connectivity index (χ4v) is 2.94. The van der Waals surface area contributed by atoms with E-state index in [4.69, 9.17) is 0 Å². The molecule has 1 heterocycles. The normalized spacial score (nSPS) is 11.3. The summed E-state index contributed by atoms with van der Waals surface area (Å²) in [5, 5.41) is 6.09. The van der Waals surface area contributed by atoms with Crippen molar-refractivity contribution in [1.82, 2.24) is 14.7 Å². The van der Waals surface area contributed by atoms with Gasteiger partial charge in [-0.3, -0.25) is 9.69 Å². The van der Waals surface area contributed by atoms with E-state index in [1.807, 2.05) is 50.4 Å². The van der Waals surface area contributed by atoms with Gasteiger partial charge in [-0.15, -0.1) is 0 Å². The standard InChI is InChI=1S/C18H18BrN3O/c1-13-16-5-3-4-6-17(16)18(23)22(20-13)12-21(2)11-14-7-9-15(19)10-8-14/h3-10H,11-12H2,1-2H3. The second-order valence-corrected chi connectivity index (χ2v) is 6.63. The predicted molar refractivity (Wildman–Crippen MR) is 96.3 cm³/mol. The molecule has 2 aromatic carbocycles. The molecule has 118 valence electrons. The van der Waals surface area contributed by atoms with Crippen LogP contribution in [0.3, 0.4) is 0 Å². The van der Waals surface area contributed by atoms with Gasteiger partial charge in [-0.05, 0) is 37.7 Å². The maximum Gasteiger partial charge on any atom is 0.275 e. The van der Waals surface area contributed by atoms with Crippen LogP contribution in [0.2, 0.25) is 0 Å². The summed E-state index contributed by atoms with van der Waals surface area (Å²) in [6, 6.07) is 15.8. The highest BCUT2D eigenvalue weighted by Gasteiger charge is 2.09. The number of hydrogen-bond donors (Lipinski definition) is 0. The highest BCUT2D eigenvalue weighted by atomic mass is 79.9. The number of halogens is 1. The van der Waals surface area contributed by atoms with Gasteiger partial charge < -0.3 is 0 Å². The molecule has 0 aliphatic carbocycles. The molecule has 23 heavy (non-hydrogen) atoms. The zero-order valence-electron chi connectivity index (χ0n) is 13.2. The van der Waals surface area contributed by atoms with Gasteiger partial charge >= 0.3 is 0 Å². The monoisotopic (exact) mass is 371 g/mol. The molecule has 0 aliphatic heterocycles. The molecule has 1 aromatic heterocycles. The number of aryl methyl sites for hydroxylation is 1. The molecule has 0 saturated carbocycles. The molecule has 0 radical (unpaired) electrons. The Bertz CT molecular complexity index is 887. The number of hydrogen-bond acceptors (Lipinski definition) is 3. The quantitative estimate of drug-likeness (QED) is 0.703. The minimum atomic E-state index is -0.0474. The van der Waals surface area contributed by atoms with Crippen LogP contribution in [-0.4, -0.2) is 21.7 Å². The topological polar surface area (TPSA) is 38.1 Å². The summed E-state index contributed by atoms with van der Waals surface area (Å²) in [7, 11) is 1.99. The largest absolute Gasteiger partial charge is 0.283 e. The lowest BCUT2D eigenvalue weighted by Gasteiger charge is -2.18. The third kappa shape index (κ3) is 3.51. The zero-order valence-corrected chi connectivity index (χ0v) is 14.7. The fourth-order valence-electron chi connectivity index (χ4n) is 2.68. The Morgan fingerprint density at radius 2 is 1.74 bits per heavy atom. The van der Waals surface area contributed by atoms with Crippen molar-refractivity contribution in [3.05, 3.63) is 74.6 Å². The molecule has 3 rings (SSSR count). The molecule has 0 amide bonds. The van der Waals surface area contributed by atoms with Crippen molar-refractivity contribution in [3.8, 4) is 0 Å². The van der Waals surface area contributed by atoms with E-state index < -0.39 is 0 Å². The van der Waals surface area contributed by atoms with Crippen LogP contribution in [0, 0.1) is 6.92 Å². The lowest BCUT2D eigenvalue weighted by atomic mass is 10.1. The van der Waals surface area contributed by atoms with E-state index in [1.54, 1.807) is 0 Å². The Labute approximate surface area is 143 Å². The lowest BCUT2D eigenvalue weighted by molar-refractivity contribution is 0.240. The van der Waals surface area contributed by atoms with E-state index in [0.717, 1.165) is 27.5 Å². The van der Waals surface area contributed by atoms with Gasteiger partial charge in [-0.1, -0.05) is 46.3 Å². The number of nitrogens with zero attached hydrogens (tertiary/aromatic N) is 3. The van der Waals surface area contributed by atoms with Gasteiger partial charge in [0.2, 0.25) is 0 Å². The predicted octanol–water partition coefficient (Wildman–Crippen LogP) is 3.56. The van der Waals surface area contributed by atoms with Gasteiger partial charge in [0.05, 0.1) is 17.7 Å². The van der Waals surface area contributed by atoms with E-state index in [2.05, 4.69) is 38.1 Å². The summed E-state index contributed by atoms with van der Waals surface area (Å²) < 4.78 is 2.60. The average Bonchev–Trinajstić information content (AvgIpc) is 2.54. The Hall–Kier alpha value is -1.98. The van der Waals surface area contributed by atoms with E-state index in [9.17, 15) is 4.79 Å². The Balaban J connectivity index is 1.85. The van der Waals surface area contributed by atoms with E-state index in [0.29, 0.717) is 6.67 Å². The van der Waals surface area contributed by atoms with Crippen LogP contribution in [0.1, 0.15) is 11.3 Å². The molecule has 0 unspecified atom stereocenters. The molecule has 0 N–H and O–H groups in total. The van der Waals surface area contributed by atoms with Crippen LogP contribution < -0.4 is 5.56 Å². The first-order valence-corrected chi connectivity index (χ1v) is 8.23. The first-order chi connectivity index (χ1) is 11.0. The van der Waals surface area contributed by atoms with Gasteiger partial charge in [0.25, 0.3) is 5.56 Å². The van der Waals surface area contributed by atoms with Crippen molar-refractivity contribution in [2.75, 3.05) is 7.05 Å². The number of aromatic nitrogens is 2. The van der Waals surface area contributed by atoms with E-state index in [-0.39, 0.29) is 5.56 Å². The van der Waals surface area contributed by atoms with Gasteiger partial charge in [0, 0.05) is 16.4 Å². The third-order valence-electron chi connectivity index (χ3n) is 3.79. The molecule has 4 nitrogen and oxygen atoms in total. The van der Waals surface area contributed by atoms with Crippen molar-refractivity contribution < 1.29 is 0 Å². The first-order valence-electron chi connectivity index (χ1n) is 7.44. The van der Waals surface area contributed by atoms with Gasteiger partial charge in [-0.25, -0.2) is 4.68 Å². The average molecular weight is 372 g/mol. The van der Waals surface area contributed by atoms with Crippen LogP contribution in [0.15, 0.2) is 57.8 Å². The number of fused-ring (bicyclic) bond motifs is 1. The SMILES string of the molecule is Cc1nn(CN(C)Cc2ccc(Br)cc2)c(=O)c2ccccc12. The molecule has 0 fully saturated rings. The summed E-state index contributed by atoms with van der Waals surface area (Å²) >= 11 is 3.44. The maximum absolute atomic E-state index is 12.6. The van der Waals surface area contributed by atoms with E-state index >= 15 is 0 Å². The summed E-state index contributed by atoms with van der Waals surface area (Å²) in [6.07, 6.45) is 0. The van der Waals surface area contributed by atoms with Crippen LogP contribution in [-0.2, 0) is 13.2 Å². The van der Waals surface area contributed by atoms with Gasteiger partial charge in [0.1, 0.15) is 0 Å². The van der Waals surface area contributed by atoms with Crippen molar-refractivity contribution in [3.63, 3.8) is 0 Å². The van der Waals surface area contributed by atoms with Crippen LogP contribution in [0.4, 0.5) is 0 Å². The van der Waals surface area contributed by atoms with Gasteiger partial charge in [0.15, 0.2) is 0 Å². The van der Waals surface area contributed by atoms with Crippen molar-refractivity contribution in [2.24, 2.45) is 0 Å². The van der Waals surface area contributed by atoms with Crippen molar-refractivity contribution >= 4 is 26.7 Å². The number of rotatable bonds is 4. The molecular weight excluding hydrogens is 354 g/mol. The Kier molecular flexibility index (Phi) is 4.59. The smallest absolute Gasteiger partial charge is 0.275 e. The van der Waals surface area contributed by atoms with E-state index in [1.165, 1.54) is 10.2 Å². The summed E-state index contributed by atoms with van der Waals surface area (Å²) in [4.78, 5) is 14.7. The molecule has 5 heteroatoms. The third-order valence-corrected chi connectivity index (χ3v) is 4.32. The van der Waals surface area contributed by atoms with Crippen molar-refractivity contribution in [1.29, 1.82) is 0 Å². The molecule has 3 aromatic rings. The van der Waals surface area contributed by atoms with Crippen molar-refractivity contribution in [2.45, 2.75) is 20.1 Å². The summed E-state index contributed by atoms with van der Waals surface area (Å²) in [6.45, 7) is 3.15. The summed E-state index contributed by atoms with van der Waals surface area (Å²) in [5.41, 5.74) is 2.02. The second kappa shape index (κ2) is 6.64. The highest BCUT2D eigenvalue weighted by Crippen LogP contribution is 2.13. The minimum Gasteiger partial charge on any atom is -0.283 e. The molecule has 0 spiro atoms. The highest BCUT2D eigenvalue weighted by molar-refractivity contribution is 9.10. The molecule has 0 atom stereocenters. The second-order valence-electron chi connectivity index (χ2n) is 5.72. The zero-order chi connectivity index (χ0) is 16.4. The molecule has 0 bridgehead atoms. The fraction of sp³-hybridized carbons (Fsp3) is 0.222. The Morgan fingerprint density at radius 3 is 2.43 bits per heavy atom. The minimum absolute atomic E-state index is 0.0474. The van der Waals surface area contributed by atoms with Crippen LogP contribution in [0.25, 0.3) is 10.8 Å². The first kappa shape index (κ1) is 15.9.